The summed E-state index contributed by atoms with van der Waals surface area (Å²) in [5, 5.41) is 2.90. The monoisotopic (exact) mass is 392 g/mol. The van der Waals surface area contributed by atoms with Gasteiger partial charge in [0, 0.05) is 23.5 Å². The zero-order valence-electron chi connectivity index (χ0n) is 16.8. The van der Waals surface area contributed by atoms with Gasteiger partial charge in [-0.3, -0.25) is 9.78 Å². The van der Waals surface area contributed by atoms with Crippen molar-refractivity contribution in [1.82, 2.24) is 4.98 Å². The standard InChI is InChI=1S/C23H24N2O4/c1-4-28-22-13-18(8-10-21(22)29-15-17-6-5-11-24-14-17)23(26)25-19-12-16(2)7-9-20(19)27-3/h5-14H,4,15H2,1-3H3,(H,25,26). The molecule has 0 aliphatic heterocycles. The van der Waals surface area contributed by atoms with Crippen LogP contribution < -0.4 is 19.5 Å². The molecule has 3 rings (SSSR count). The third-order valence-corrected chi connectivity index (χ3v) is 4.23. The predicted molar refractivity (Wildman–Crippen MR) is 112 cm³/mol. The number of aryl methyl sites for hydroxylation is 1. The summed E-state index contributed by atoms with van der Waals surface area (Å²) in [5.41, 5.74) is 3.05. The van der Waals surface area contributed by atoms with Crippen LogP contribution in [0, 0.1) is 6.92 Å². The van der Waals surface area contributed by atoms with Gasteiger partial charge < -0.3 is 19.5 Å². The fourth-order valence-electron chi connectivity index (χ4n) is 2.80. The maximum atomic E-state index is 12.8. The average Bonchev–Trinajstić information content (AvgIpc) is 2.74. The molecule has 6 heteroatoms. The second-order valence-corrected chi connectivity index (χ2v) is 6.40. The van der Waals surface area contributed by atoms with E-state index in [9.17, 15) is 4.79 Å². The molecule has 0 radical (unpaired) electrons. The first-order chi connectivity index (χ1) is 14.1. The highest BCUT2D eigenvalue weighted by Gasteiger charge is 2.14. The quantitative estimate of drug-likeness (QED) is 0.605. The Morgan fingerprint density at radius 3 is 2.59 bits per heavy atom. The van der Waals surface area contributed by atoms with E-state index in [1.165, 1.54) is 0 Å². The second-order valence-electron chi connectivity index (χ2n) is 6.40. The Bertz CT molecular complexity index is 974. The highest BCUT2D eigenvalue weighted by Crippen LogP contribution is 2.31. The van der Waals surface area contributed by atoms with Crippen molar-refractivity contribution in [2.75, 3.05) is 19.0 Å². The fraction of sp³-hybridized carbons (Fsp3) is 0.217. The van der Waals surface area contributed by atoms with Crippen LogP contribution in [0.5, 0.6) is 17.2 Å². The van der Waals surface area contributed by atoms with Crippen molar-refractivity contribution in [1.29, 1.82) is 0 Å². The van der Waals surface area contributed by atoms with Gasteiger partial charge >= 0.3 is 0 Å². The van der Waals surface area contributed by atoms with Gasteiger partial charge in [0.15, 0.2) is 11.5 Å². The van der Waals surface area contributed by atoms with Crippen LogP contribution >= 0.6 is 0 Å². The molecule has 0 atom stereocenters. The molecule has 0 aliphatic rings. The number of rotatable bonds is 8. The van der Waals surface area contributed by atoms with Crippen LogP contribution in [0.25, 0.3) is 0 Å². The van der Waals surface area contributed by atoms with Crippen molar-refractivity contribution in [2.45, 2.75) is 20.5 Å². The summed E-state index contributed by atoms with van der Waals surface area (Å²) in [4.78, 5) is 16.8. The summed E-state index contributed by atoms with van der Waals surface area (Å²) in [6.45, 7) is 4.66. The molecule has 2 aromatic carbocycles. The van der Waals surface area contributed by atoms with Crippen molar-refractivity contribution in [3.63, 3.8) is 0 Å². The van der Waals surface area contributed by atoms with Gasteiger partial charge in [-0.1, -0.05) is 12.1 Å². The third kappa shape index (κ3) is 5.25. The summed E-state index contributed by atoms with van der Waals surface area (Å²) in [6.07, 6.45) is 3.46. The Morgan fingerprint density at radius 2 is 1.86 bits per heavy atom. The number of anilines is 1. The Labute approximate surface area is 170 Å². The van der Waals surface area contributed by atoms with Gasteiger partial charge in [0.25, 0.3) is 5.91 Å². The molecule has 150 valence electrons. The lowest BCUT2D eigenvalue weighted by Gasteiger charge is -2.14. The number of nitrogens with one attached hydrogen (secondary N) is 1. The van der Waals surface area contributed by atoms with Crippen molar-refractivity contribution < 1.29 is 19.0 Å². The average molecular weight is 392 g/mol. The molecule has 1 N–H and O–H groups in total. The smallest absolute Gasteiger partial charge is 0.255 e. The van der Waals surface area contributed by atoms with Crippen LogP contribution in [0.3, 0.4) is 0 Å². The topological polar surface area (TPSA) is 69.7 Å². The molecule has 0 aliphatic carbocycles. The number of methoxy groups -OCH3 is 1. The third-order valence-electron chi connectivity index (χ3n) is 4.23. The molecule has 3 aromatic rings. The number of pyridine rings is 1. The minimum absolute atomic E-state index is 0.256. The summed E-state index contributed by atoms with van der Waals surface area (Å²) in [7, 11) is 1.57. The number of aromatic nitrogens is 1. The second kappa shape index (κ2) is 9.59. The van der Waals surface area contributed by atoms with Crippen molar-refractivity contribution >= 4 is 11.6 Å². The summed E-state index contributed by atoms with van der Waals surface area (Å²) in [6, 6.07) is 14.5. The normalized spacial score (nSPS) is 10.3. The van der Waals surface area contributed by atoms with Gasteiger partial charge in [-0.05, 0) is 55.8 Å². The number of carbonyl (C=O) groups is 1. The maximum Gasteiger partial charge on any atom is 0.255 e. The molecule has 0 bridgehead atoms. The molecule has 1 heterocycles. The maximum absolute atomic E-state index is 12.8. The molecule has 0 saturated heterocycles. The van der Waals surface area contributed by atoms with Gasteiger partial charge in [-0.15, -0.1) is 0 Å². The Balaban J connectivity index is 1.78. The molecule has 29 heavy (non-hydrogen) atoms. The first kappa shape index (κ1) is 20.2. The van der Waals surface area contributed by atoms with E-state index in [4.69, 9.17) is 14.2 Å². The zero-order chi connectivity index (χ0) is 20.6. The number of ether oxygens (including phenoxy) is 3. The number of carbonyl (C=O) groups excluding carboxylic acids is 1. The van der Waals surface area contributed by atoms with Crippen LogP contribution in [0.15, 0.2) is 60.9 Å². The van der Waals surface area contributed by atoms with E-state index in [0.717, 1.165) is 11.1 Å². The Morgan fingerprint density at radius 1 is 1.03 bits per heavy atom. The Kier molecular flexibility index (Phi) is 6.68. The SMILES string of the molecule is CCOc1cc(C(=O)Nc2cc(C)ccc2OC)ccc1OCc1cccnc1. The number of hydrogen-bond acceptors (Lipinski definition) is 5. The minimum atomic E-state index is -0.256. The summed E-state index contributed by atoms with van der Waals surface area (Å²) >= 11 is 0. The van der Waals surface area contributed by atoms with Crippen LogP contribution in [0.4, 0.5) is 5.69 Å². The van der Waals surface area contributed by atoms with E-state index in [-0.39, 0.29) is 5.91 Å². The lowest BCUT2D eigenvalue weighted by atomic mass is 10.1. The van der Waals surface area contributed by atoms with E-state index in [0.29, 0.717) is 41.7 Å². The van der Waals surface area contributed by atoms with E-state index in [1.54, 1.807) is 37.7 Å². The molecule has 6 nitrogen and oxygen atoms in total. The van der Waals surface area contributed by atoms with E-state index in [2.05, 4.69) is 10.3 Å². The number of nitrogens with zero attached hydrogens (tertiary/aromatic N) is 1. The number of hydrogen-bond donors (Lipinski definition) is 1. The largest absolute Gasteiger partial charge is 0.495 e. The van der Waals surface area contributed by atoms with Crippen molar-refractivity contribution in [2.24, 2.45) is 0 Å². The molecular weight excluding hydrogens is 368 g/mol. The van der Waals surface area contributed by atoms with Gasteiger partial charge in [-0.25, -0.2) is 0 Å². The van der Waals surface area contributed by atoms with Gasteiger partial charge in [0.05, 0.1) is 19.4 Å². The number of amides is 1. The summed E-state index contributed by atoms with van der Waals surface area (Å²) < 4.78 is 16.9. The highest BCUT2D eigenvalue weighted by atomic mass is 16.5. The molecule has 1 aromatic heterocycles. The fourth-order valence-corrected chi connectivity index (χ4v) is 2.80. The van der Waals surface area contributed by atoms with Crippen LogP contribution in [-0.2, 0) is 6.61 Å². The van der Waals surface area contributed by atoms with Crippen LogP contribution in [0.1, 0.15) is 28.4 Å². The van der Waals surface area contributed by atoms with E-state index in [1.807, 2.05) is 44.2 Å². The lowest BCUT2D eigenvalue weighted by Crippen LogP contribution is -2.13. The summed E-state index contributed by atoms with van der Waals surface area (Å²) in [5.74, 6) is 1.43. The highest BCUT2D eigenvalue weighted by molar-refractivity contribution is 6.05. The number of benzene rings is 2. The van der Waals surface area contributed by atoms with E-state index < -0.39 is 0 Å². The molecular formula is C23H24N2O4. The zero-order valence-corrected chi connectivity index (χ0v) is 16.8. The van der Waals surface area contributed by atoms with E-state index >= 15 is 0 Å². The molecule has 1 amide bonds. The van der Waals surface area contributed by atoms with Crippen molar-refractivity contribution in [3.8, 4) is 17.2 Å². The van der Waals surface area contributed by atoms with Gasteiger partial charge in [0.2, 0.25) is 0 Å². The first-order valence-electron chi connectivity index (χ1n) is 9.35. The minimum Gasteiger partial charge on any atom is -0.495 e. The Hall–Kier alpha value is -3.54. The molecule has 0 unspecified atom stereocenters. The van der Waals surface area contributed by atoms with Crippen LogP contribution in [0.2, 0.25) is 0 Å². The lowest BCUT2D eigenvalue weighted by molar-refractivity contribution is 0.102. The molecule has 0 saturated carbocycles. The van der Waals surface area contributed by atoms with Crippen LogP contribution in [-0.4, -0.2) is 24.6 Å². The van der Waals surface area contributed by atoms with Crippen molar-refractivity contribution in [3.05, 3.63) is 77.6 Å². The first-order valence-corrected chi connectivity index (χ1v) is 9.35. The molecule has 0 spiro atoms. The van der Waals surface area contributed by atoms with Gasteiger partial charge in [0.1, 0.15) is 12.4 Å². The molecule has 0 fully saturated rings. The van der Waals surface area contributed by atoms with Gasteiger partial charge in [-0.2, -0.15) is 0 Å². The predicted octanol–water partition coefficient (Wildman–Crippen LogP) is 4.63.